The van der Waals surface area contributed by atoms with Crippen molar-refractivity contribution in [2.75, 3.05) is 0 Å². The van der Waals surface area contributed by atoms with Crippen LogP contribution in [0.1, 0.15) is 41.0 Å². The summed E-state index contributed by atoms with van der Waals surface area (Å²) in [7, 11) is 2.22. The quantitative estimate of drug-likeness (QED) is 0.621. The molecule has 0 radical (unpaired) electrons. The molecule has 0 aliphatic heterocycles. The van der Waals surface area contributed by atoms with Crippen molar-refractivity contribution >= 4 is 9.03 Å². The molecule has 1 N–H and O–H groups in total. The van der Waals surface area contributed by atoms with E-state index in [0.29, 0.717) is 0 Å². The highest BCUT2D eigenvalue weighted by Crippen LogP contribution is 2.21. The van der Waals surface area contributed by atoms with Crippen LogP contribution < -0.4 is 0 Å². The van der Waals surface area contributed by atoms with E-state index < -0.39 is 0 Å². The zero-order valence-electron chi connectivity index (χ0n) is 8.44. The first-order chi connectivity index (χ1) is 5.09. The summed E-state index contributed by atoms with van der Waals surface area (Å²) in [6, 6.07) is 0. The molecule has 0 rings (SSSR count). The molecule has 0 spiro atoms. The molecule has 0 aromatic rings. The summed E-state index contributed by atoms with van der Waals surface area (Å²) in [6.07, 6.45) is 1.32. The Balaban J connectivity index is 0. The molecule has 2 unspecified atom stereocenters. The Morgan fingerprint density at radius 1 is 1.09 bits per heavy atom. The summed E-state index contributed by atoms with van der Waals surface area (Å²) < 4.78 is 0. The molecule has 68 valence electrons. The minimum atomic E-state index is 0.847. The van der Waals surface area contributed by atoms with Gasteiger partial charge in [0.1, 0.15) is 0 Å². The molecule has 0 heterocycles. The summed E-state index contributed by atoms with van der Waals surface area (Å²) in [5.41, 5.74) is 0. The average Bonchev–Trinajstić information content (AvgIpc) is 2.05. The first-order valence-electron chi connectivity index (χ1n) is 4.34. The van der Waals surface area contributed by atoms with Gasteiger partial charge in [0, 0.05) is 0 Å². The van der Waals surface area contributed by atoms with E-state index >= 15 is 0 Å². The third-order valence-corrected chi connectivity index (χ3v) is 2.59. The van der Waals surface area contributed by atoms with Crippen molar-refractivity contribution in [3.63, 3.8) is 0 Å². The second-order valence-corrected chi connectivity index (χ2v) is 3.49. The molecule has 2 heteroatoms. The Morgan fingerprint density at radius 2 is 1.45 bits per heavy atom. The third kappa shape index (κ3) is 6.50. The fourth-order valence-corrected chi connectivity index (χ4v) is 1.03. The lowest BCUT2D eigenvalue weighted by Crippen LogP contribution is -2.12. The van der Waals surface area contributed by atoms with Gasteiger partial charge in [-0.25, -0.2) is 0 Å². The minimum absolute atomic E-state index is 0.847. The van der Waals surface area contributed by atoms with Crippen molar-refractivity contribution in [3.05, 3.63) is 0 Å². The van der Waals surface area contributed by atoms with Crippen LogP contribution in [0.4, 0.5) is 0 Å². The average molecular weight is 175 g/mol. The molecule has 0 aromatic carbocycles. The number of rotatable bonds is 3. The predicted octanol–water partition coefficient (Wildman–Crippen LogP) is 4.22. The second kappa shape index (κ2) is 8.20. The van der Waals surface area contributed by atoms with Gasteiger partial charge < -0.3 is 0 Å². The lowest BCUT2D eigenvalue weighted by molar-refractivity contribution is 0.289. The zero-order chi connectivity index (χ0) is 9.44. The molecule has 1 nitrogen and oxygen atoms in total. The molecular weight excluding hydrogens is 153 g/mol. The Bertz CT molecular complexity index is 83.6. The Morgan fingerprint density at radius 3 is 1.55 bits per heavy atom. The van der Waals surface area contributed by atoms with E-state index in [1.54, 1.807) is 0 Å². The molecule has 0 aromatic heterocycles. The van der Waals surface area contributed by atoms with Crippen LogP contribution in [-0.4, -0.2) is 0 Å². The molecule has 0 aliphatic rings. The van der Waals surface area contributed by atoms with Gasteiger partial charge in [-0.15, -0.1) is 0 Å². The summed E-state index contributed by atoms with van der Waals surface area (Å²) in [6.45, 7) is 11.6. The summed E-state index contributed by atoms with van der Waals surface area (Å²) in [5, 5.41) is 5.56. The van der Waals surface area contributed by atoms with E-state index in [1.165, 1.54) is 6.42 Å². The van der Waals surface area contributed by atoms with Gasteiger partial charge >= 0.3 is 0 Å². The van der Waals surface area contributed by atoms with Crippen molar-refractivity contribution in [1.82, 2.24) is 0 Å². The zero-order valence-corrected chi connectivity index (χ0v) is 9.44. The van der Waals surface area contributed by atoms with Gasteiger partial charge in [0.15, 0.2) is 0 Å². The highest BCUT2D eigenvalue weighted by Gasteiger charge is 2.12. The van der Waals surface area contributed by atoms with E-state index in [2.05, 4.69) is 43.7 Å². The topological polar surface area (TPSA) is 23.9 Å². The Labute approximate surface area is 73.7 Å². The van der Waals surface area contributed by atoms with Crippen LogP contribution in [0.5, 0.6) is 0 Å². The van der Waals surface area contributed by atoms with E-state index in [-0.39, 0.29) is 0 Å². The minimum Gasteiger partial charge on any atom is -0.287 e. The van der Waals surface area contributed by atoms with E-state index in [9.17, 15) is 0 Å². The predicted molar refractivity (Wildman–Crippen MR) is 54.5 cm³/mol. The van der Waals surface area contributed by atoms with E-state index in [4.69, 9.17) is 5.16 Å². The van der Waals surface area contributed by atoms with Gasteiger partial charge in [0.05, 0.1) is 0 Å². The summed E-state index contributed by atoms with van der Waals surface area (Å²) in [5.74, 6) is 2.62. The van der Waals surface area contributed by atoms with Gasteiger partial charge in [-0.05, 0) is 26.8 Å². The molecule has 0 bridgehead atoms. The molecule has 0 saturated heterocycles. The van der Waals surface area contributed by atoms with Crippen LogP contribution in [0.3, 0.4) is 0 Å². The monoisotopic (exact) mass is 175 g/mol. The maximum Gasteiger partial charge on any atom is -0.0185 e. The van der Waals surface area contributed by atoms with Gasteiger partial charge in [-0.1, -0.05) is 41.0 Å². The standard InChI is InChI=1S/C9H20.H2NP/c1-6-8(4)9(5)7(2)3;1-2/h7-9H,6H2,1-5H3;1-2H. The second-order valence-electron chi connectivity index (χ2n) is 3.49. The number of hydrogen-bond donors (Lipinski definition) is 1. The largest absolute Gasteiger partial charge is 0.287 e. The summed E-state index contributed by atoms with van der Waals surface area (Å²) in [4.78, 5) is 0. The fraction of sp³-hybridized carbons (Fsp3) is 1.00. The van der Waals surface area contributed by atoms with E-state index in [0.717, 1.165) is 17.8 Å². The van der Waals surface area contributed by atoms with Crippen LogP contribution in [0.15, 0.2) is 0 Å². The van der Waals surface area contributed by atoms with Crippen molar-refractivity contribution < 1.29 is 0 Å². The maximum absolute atomic E-state index is 5.56. The highest BCUT2D eigenvalue weighted by atomic mass is 31.0. The smallest absolute Gasteiger partial charge is 0.0185 e. The number of hydrogen-bond acceptors (Lipinski definition) is 1. The first-order valence-corrected chi connectivity index (χ1v) is 4.84. The highest BCUT2D eigenvalue weighted by molar-refractivity contribution is 7.02. The normalized spacial score (nSPS) is 15.1. The third-order valence-electron chi connectivity index (χ3n) is 2.59. The Kier molecular flexibility index (Phi) is 10.2. The molecular formula is C9H22NP. The van der Waals surface area contributed by atoms with E-state index in [1.807, 2.05) is 0 Å². The lowest BCUT2D eigenvalue weighted by Gasteiger charge is -2.21. The molecule has 11 heavy (non-hydrogen) atoms. The van der Waals surface area contributed by atoms with Crippen molar-refractivity contribution in [3.8, 4) is 0 Å². The summed E-state index contributed by atoms with van der Waals surface area (Å²) >= 11 is 0. The van der Waals surface area contributed by atoms with Gasteiger partial charge in [0.25, 0.3) is 0 Å². The van der Waals surface area contributed by atoms with Crippen LogP contribution >= 0.6 is 9.03 Å². The molecule has 0 amide bonds. The Hall–Kier alpha value is 0.100. The van der Waals surface area contributed by atoms with Gasteiger partial charge in [-0.3, -0.25) is 5.16 Å². The van der Waals surface area contributed by atoms with Gasteiger partial charge in [0.2, 0.25) is 0 Å². The SMILES string of the molecule is CCC(C)C(C)C(C)C.N=P. The lowest BCUT2D eigenvalue weighted by atomic mass is 9.85. The van der Waals surface area contributed by atoms with Crippen molar-refractivity contribution in [2.45, 2.75) is 41.0 Å². The van der Waals surface area contributed by atoms with Crippen LogP contribution in [0.25, 0.3) is 0 Å². The van der Waals surface area contributed by atoms with Gasteiger partial charge in [-0.2, -0.15) is 0 Å². The van der Waals surface area contributed by atoms with Crippen LogP contribution in [0.2, 0.25) is 0 Å². The fourth-order valence-electron chi connectivity index (χ4n) is 1.03. The van der Waals surface area contributed by atoms with Crippen LogP contribution in [0, 0.1) is 22.9 Å². The molecule has 0 aliphatic carbocycles. The maximum atomic E-state index is 5.56. The molecule has 2 atom stereocenters. The first kappa shape index (κ1) is 13.7. The number of nitrogens with one attached hydrogen (secondary N) is 1. The molecule has 0 fully saturated rings. The van der Waals surface area contributed by atoms with Crippen LogP contribution in [-0.2, 0) is 0 Å². The molecule has 0 saturated carbocycles. The van der Waals surface area contributed by atoms with Crippen molar-refractivity contribution in [1.29, 1.82) is 5.16 Å². The van der Waals surface area contributed by atoms with Crippen molar-refractivity contribution in [2.24, 2.45) is 17.8 Å².